The lowest BCUT2D eigenvalue weighted by atomic mass is 10.2. The maximum atomic E-state index is 13.7. The van der Waals surface area contributed by atoms with E-state index in [0.29, 0.717) is 11.5 Å². The zero-order valence-corrected chi connectivity index (χ0v) is 15.1. The molecule has 0 unspecified atom stereocenters. The van der Waals surface area contributed by atoms with E-state index in [1.807, 2.05) is 0 Å². The fourth-order valence-corrected chi connectivity index (χ4v) is 3.53. The highest BCUT2D eigenvalue weighted by molar-refractivity contribution is 7.92. The third-order valence-corrected chi connectivity index (χ3v) is 5.60. The Morgan fingerprint density at radius 3 is 2.48 bits per heavy atom. The van der Waals surface area contributed by atoms with Gasteiger partial charge in [0.15, 0.2) is 11.5 Å². The van der Waals surface area contributed by atoms with Crippen LogP contribution in [-0.4, -0.2) is 33.4 Å². The number of sulfonamides is 1. The molecule has 1 amide bonds. The summed E-state index contributed by atoms with van der Waals surface area (Å²) in [6.07, 6.45) is 0. The molecule has 27 heavy (non-hydrogen) atoms. The lowest BCUT2D eigenvalue weighted by Gasteiger charge is -2.23. The fourth-order valence-electron chi connectivity index (χ4n) is 2.47. The predicted octanol–water partition coefficient (Wildman–Crippen LogP) is 2.49. The second-order valence-corrected chi connectivity index (χ2v) is 7.77. The molecule has 144 valence electrons. The molecular weight excluding hydrogens is 382 g/mol. The van der Waals surface area contributed by atoms with Crippen molar-refractivity contribution in [1.29, 1.82) is 0 Å². The summed E-state index contributed by atoms with van der Waals surface area (Å²) >= 11 is 0. The fraction of sp³-hybridized carbons (Fsp3) is 0.235. The summed E-state index contributed by atoms with van der Waals surface area (Å²) in [6.45, 7) is 0.764. The summed E-state index contributed by atoms with van der Waals surface area (Å²) in [6, 6.07) is 7.52. The van der Waals surface area contributed by atoms with Crippen LogP contribution < -0.4 is 19.1 Å². The van der Waals surface area contributed by atoms with Crippen LogP contribution in [0.25, 0.3) is 0 Å². The van der Waals surface area contributed by atoms with Crippen molar-refractivity contribution < 1.29 is 31.5 Å². The van der Waals surface area contributed by atoms with E-state index in [4.69, 9.17) is 9.47 Å². The number of rotatable bonds is 6. The summed E-state index contributed by atoms with van der Waals surface area (Å²) in [7, 11) is -3.85. The number of hydrogen-bond acceptors (Lipinski definition) is 5. The van der Waals surface area contributed by atoms with E-state index >= 15 is 0 Å². The van der Waals surface area contributed by atoms with Crippen molar-refractivity contribution in [2.24, 2.45) is 0 Å². The SMILES string of the molecule is CCS(=O)(=O)N(CC(=O)Nc1c(F)cccc1F)c1ccc2c(c1)OCO2. The van der Waals surface area contributed by atoms with Crippen LogP contribution >= 0.6 is 0 Å². The van der Waals surface area contributed by atoms with E-state index < -0.39 is 39.8 Å². The molecule has 0 aromatic heterocycles. The van der Waals surface area contributed by atoms with Crippen LogP contribution in [0.15, 0.2) is 36.4 Å². The number of hydrogen-bond donors (Lipinski definition) is 1. The van der Waals surface area contributed by atoms with Gasteiger partial charge in [-0.15, -0.1) is 0 Å². The highest BCUT2D eigenvalue weighted by atomic mass is 32.2. The van der Waals surface area contributed by atoms with Gasteiger partial charge in [0, 0.05) is 6.07 Å². The maximum Gasteiger partial charge on any atom is 0.245 e. The molecule has 0 fully saturated rings. The molecule has 0 bridgehead atoms. The van der Waals surface area contributed by atoms with Gasteiger partial charge in [-0.2, -0.15) is 0 Å². The molecule has 1 N–H and O–H groups in total. The predicted molar refractivity (Wildman–Crippen MR) is 94.4 cm³/mol. The van der Waals surface area contributed by atoms with Gasteiger partial charge < -0.3 is 14.8 Å². The lowest BCUT2D eigenvalue weighted by Crippen LogP contribution is -2.39. The smallest absolute Gasteiger partial charge is 0.245 e. The second-order valence-electron chi connectivity index (χ2n) is 5.59. The highest BCUT2D eigenvalue weighted by Gasteiger charge is 2.26. The van der Waals surface area contributed by atoms with Crippen molar-refractivity contribution in [3.8, 4) is 11.5 Å². The summed E-state index contributed by atoms with van der Waals surface area (Å²) < 4.78 is 63.6. The average molecular weight is 398 g/mol. The number of benzene rings is 2. The van der Waals surface area contributed by atoms with Crippen molar-refractivity contribution in [2.45, 2.75) is 6.92 Å². The normalized spacial score (nSPS) is 12.7. The van der Waals surface area contributed by atoms with Crippen LogP contribution in [0.3, 0.4) is 0 Å². The maximum absolute atomic E-state index is 13.7. The van der Waals surface area contributed by atoms with Gasteiger partial charge in [0.2, 0.25) is 22.7 Å². The number of halogens is 2. The van der Waals surface area contributed by atoms with Gasteiger partial charge in [0.1, 0.15) is 23.9 Å². The van der Waals surface area contributed by atoms with E-state index in [-0.39, 0.29) is 18.2 Å². The molecule has 3 rings (SSSR count). The number of ether oxygens (including phenoxy) is 2. The van der Waals surface area contributed by atoms with E-state index in [2.05, 4.69) is 5.32 Å². The van der Waals surface area contributed by atoms with Gasteiger partial charge >= 0.3 is 0 Å². The molecule has 10 heteroatoms. The van der Waals surface area contributed by atoms with Crippen molar-refractivity contribution in [3.05, 3.63) is 48.0 Å². The first kappa shape index (κ1) is 18.9. The molecule has 0 atom stereocenters. The van der Waals surface area contributed by atoms with Crippen molar-refractivity contribution in [3.63, 3.8) is 0 Å². The zero-order chi connectivity index (χ0) is 19.6. The molecule has 7 nitrogen and oxygen atoms in total. The summed E-state index contributed by atoms with van der Waals surface area (Å²) in [5, 5.41) is 2.08. The molecule has 0 saturated carbocycles. The number of para-hydroxylation sites is 1. The van der Waals surface area contributed by atoms with Gasteiger partial charge in [-0.05, 0) is 31.2 Å². The second kappa shape index (κ2) is 7.39. The van der Waals surface area contributed by atoms with Gasteiger partial charge in [-0.1, -0.05) is 6.07 Å². The first-order chi connectivity index (χ1) is 12.8. The van der Waals surface area contributed by atoms with Crippen LogP contribution in [0.4, 0.5) is 20.2 Å². The molecule has 1 aliphatic rings. The molecule has 0 aliphatic carbocycles. The summed E-state index contributed by atoms with van der Waals surface area (Å²) in [5.41, 5.74) is -0.465. The largest absolute Gasteiger partial charge is 0.454 e. The third-order valence-electron chi connectivity index (χ3n) is 3.86. The zero-order valence-electron chi connectivity index (χ0n) is 14.2. The van der Waals surface area contributed by atoms with Crippen LogP contribution in [0, 0.1) is 11.6 Å². The van der Waals surface area contributed by atoms with E-state index in [0.717, 1.165) is 22.5 Å². The first-order valence-corrected chi connectivity index (χ1v) is 9.56. The van der Waals surface area contributed by atoms with Crippen molar-refractivity contribution >= 4 is 27.3 Å². The van der Waals surface area contributed by atoms with Gasteiger partial charge in [0.25, 0.3) is 0 Å². The molecular formula is C17H16F2N2O5S. The van der Waals surface area contributed by atoms with Crippen molar-refractivity contribution in [2.75, 3.05) is 28.7 Å². The molecule has 1 aliphatic heterocycles. The lowest BCUT2D eigenvalue weighted by molar-refractivity contribution is -0.114. The average Bonchev–Trinajstić information content (AvgIpc) is 3.10. The highest BCUT2D eigenvalue weighted by Crippen LogP contribution is 2.36. The standard InChI is InChI=1S/C17H16F2N2O5S/c1-2-27(23,24)21(11-6-7-14-15(8-11)26-10-25-14)9-16(22)20-17-12(18)4-3-5-13(17)19/h3-8H,2,9-10H2,1H3,(H,20,22). The van der Waals surface area contributed by atoms with E-state index in [9.17, 15) is 22.0 Å². The van der Waals surface area contributed by atoms with Crippen LogP contribution in [0.1, 0.15) is 6.92 Å². The number of carbonyl (C=O) groups excluding carboxylic acids is 1. The minimum Gasteiger partial charge on any atom is -0.454 e. The molecule has 2 aromatic rings. The Hall–Kier alpha value is -2.88. The Bertz CT molecular complexity index is 961. The Labute approximate surface area is 154 Å². The molecule has 0 radical (unpaired) electrons. The van der Waals surface area contributed by atoms with Crippen LogP contribution in [-0.2, 0) is 14.8 Å². The number of nitrogens with zero attached hydrogens (tertiary/aromatic N) is 1. The van der Waals surface area contributed by atoms with Crippen LogP contribution in [0.5, 0.6) is 11.5 Å². The molecule has 0 saturated heterocycles. The minimum atomic E-state index is -3.85. The van der Waals surface area contributed by atoms with E-state index in [1.54, 1.807) is 0 Å². The van der Waals surface area contributed by atoms with Crippen molar-refractivity contribution in [1.82, 2.24) is 0 Å². The number of anilines is 2. The Morgan fingerprint density at radius 2 is 1.81 bits per heavy atom. The monoisotopic (exact) mass is 398 g/mol. The molecule has 0 spiro atoms. The summed E-state index contributed by atoms with van der Waals surface area (Å²) in [4.78, 5) is 12.3. The van der Waals surface area contributed by atoms with Gasteiger partial charge in [0.05, 0.1) is 11.4 Å². The quantitative estimate of drug-likeness (QED) is 0.808. The molecule has 2 aromatic carbocycles. The van der Waals surface area contributed by atoms with Crippen LogP contribution in [0.2, 0.25) is 0 Å². The Morgan fingerprint density at radius 1 is 1.15 bits per heavy atom. The molecule has 1 heterocycles. The number of fused-ring (bicyclic) bond motifs is 1. The Balaban J connectivity index is 1.87. The van der Waals surface area contributed by atoms with E-state index in [1.165, 1.54) is 25.1 Å². The number of amides is 1. The topological polar surface area (TPSA) is 84.9 Å². The first-order valence-electron chi connectivity index (χ1n) is 7.95. The number of carbonyl (C=O) groups is 1. The third kappa shape index (κ3) is 3.95. The van der Waals surface area contributed by atoms with Gasteiger partial charge in [-0.3, -0.25) is 9.10 Å². The number of nitrogens with one attached hydrogen (secondary N) is 1. The Kier molecular flexibility index (Phi) is 5.17. The summed E-state index contributed by atoms with van der Waals surface area (Å²) in [5.74, 6) is -2.31. The van der Waals surface area contributed by atoms with Gasteiger partial charge in [-0.25, -0.2) is 17.2 Å². The minimum absolute atomic E-state index is 0.00631.